The molecular weight excluding hydrogens is 276 g/mol. The van der Waals surface area contributed by atoms with Crippen LogP contribution in [0.5, 0.6) is 0 Å². The molecule has 19 heavy (non-hydrogen) atoms. The number of carbonyl (C=O) groups is 1. The number of hydrogen-bond acceptors (Lipinski definition) is 2. The molecule has 0 radical (unpaired) electrons. The van der Waals surface area contributed by atoms with Crippen LogP contribution in [0, 0.1) is 11.6 Å². The van der Waals surface area contributed by atoms with E-state index < -0.39 is 17.6 Å². The number of carboxylic acids is 1. The van der Waals surface area contributed by atoms with Gasteiger partial charge in [0.15, 0.2) is 0 Å². The summed E-state index contributed by atoms with van der Waals surface area (Å²) in [5.41, 5.74) is 5.62. The lowest BCUT2D eigenvalue weighted by Crippen LogP contribution is -2.03. The third-order valence-electron chi connectivity index (χ3n) is 2.59. The monoisotopic (exact) mass is 283 g/mol. The van der Waals surface area contributed by atoms with Crippen LogP contribution in [0.2, 0.25) is 5.02 Å². The Morgan fingerprint density at radius 2 is 1.84 bits per heavy atom. The van der Waals surface area contributed by atoms with E-state index in [9.17, 15) is 13.6 Å². The summed E-state index contributed by atoms with van der Waals surface area (Å²) in [5.74, 6) is -2.75. The fourth-order valence-corrected chi connectivity index (χ4v) is 1.95. The number of rotatable bonds is 2. The normalized spacial score (nSPS) is 10.5. The Morgan fingerprint density at radius 1 is 1.16 bits per heavy atom. The molecule has 3 nitrogen and oxygen atoms in total. The van der Waals surface area contributed by atoms with Crippen molar-refractivity contribution in [2.45, 2.75) is 0 Å². The minimum absolute atomic E-state index is 0.0251. The SMILES string of the molecule is Nc1cc(-c2ccc(F)cc2F)c(Cl)cc1C(=O)O. The highest BCUT2D eigenvalue weighted by Crippen LogP contribution is 2.33. The van der Waals surface area contributed by atoms with Gasteiger partial charge in [-0.3, -0.25) is 0 Å². The Labute approximate surface area is 112 Å². The van der Waals surface area contributed by atoms with Crippen molar-refractivity contribution in [3.05, 3.63) is 52.6 Å². The summed E-state index contributed by atoms with van der Waals surface area (Å²) in [6.07, 6.45) is 0. The zero-order chi connectivity index (χ0) is 14.2. The molecule has 0 atom stereocenters. The fourth-order valence-electron chi connectivity index (χ4n) is 1.69. The molecule has 0 bridgehead atoms. The van der Waals surface area contributed by atoms with Crippen molar-refractivity contribution in [2.24, 2.45) is 0 Å². The Morgan fingerprint density at radius 3 is 2.42 bits per heavy atom. The Balaban J connectivity index is 2.63. The molecule has 98 valence electrons. The summed E-state index contributed by atoms with van der Waals surface area (Å²) in [7, 11) is 0. The summed E-state index contributed by atoms with van der Waals surface area (Å²) >= 11 is 5.91. The molecular formula is C13H8ClF2NO2. The number of hydrogen-bond donors (Lipinski definition) is 2. The van der Waals surface area contributed by atoms with E-state index in [-0.39, 0.29) is 27.4 Å². The second kappa shape index (κ2) is 4.85. The first kappa shape index (κ1) is 13.3. The van der Waals surface area contributed by atoms with E-state index in [0.29, 0.717) is 6.07 Å². The van der Waals surface area contributed by atoms with Gasteiger partial charge in [0.1, 0.15) is 11.6 Å². The molecule has 2 aromatic rings. The Bertz CT molecular complexity index is 674. The average molecular weight is 284 g/mol. The summed E-state index contributed by atoms with van der Waals surface area (Å²) < 4.78 is 26.5. The quantitative estimate of drug-likeness (QED) is 0.828. The number of carboxylic acid groups (broad SMARTS) is 1. The molecule has 0 aliphatic rings. The third kappa shape index (κ3) is 2.51. The van der Waals surface area contributed by atoms with Gasteiger partial charge < -0.3 is 10.8 Å². The van der Waals surface area contributed by atoms with Crippen molar-refractivity contribution in [1.29, 1.82) is 0 Å². The maximum Gasteiger partial charge on any atom is 0.337 e. The molecule has 2 aromatic carbocycles. The van der Waals surface area contributed by atoms with Crippen LogP contribution in [0.15, 0.2) is 30.3 Å². The van der Waals surface area contributed by atoms with Crippen LogP contribution in [-0.4, -0.2) is 11.1 Å². The number of benzene rings is 2. The van der Waals surface area contributed by atoms with Crippen LogP contribution < -0.4 is 5.73 Å². The summed E-state index contributed by atoms with van der Waals surface area (Å²) in [6.45, 7) is 0. The maximum absolute atomic E-state index is 13.7. The van der Waals surface area contributed by atoms with Crippen molar-refractivity contribution >= 4 is 23.3 Å². The van der Waals surface area contributed by atoms with Crippen LogP contribution in [0.3, 0.4) is 0 Å². The molecule has 0 saturated carbocycles. The third-order valence-corrected chi connectivity index (χ3v) is 2.90. The fraction of sp³-hybridized carbons (Fsp3) is 0. The smallest absolute Gasteiger partial charge is 0.337 e. The van der Waals surface area contributed by atoms with E-state index in [0.717, 1.165) is 12.1 Å². The largest absolute Gasteiger partial charge is 0.478 e. The first-order chi connectivity index (χ1) is 8.90. The minimum atomic E-state index is -1.23. The summed E-state index contributed by atoms with van der Waals surface area (Å²) in [4.78, 5) is 10.9. The van der Waals surface area contributed by atoms with Gasteiger partial charge in [-0.05, 0) is 24.3 Å². The van der Waals surface area contributed by atoms with Gasteiger partial charge in [-0.25, -0.2) is 13.6 Å². The van der Waals surface area contributed by atoms with Gasteiger partial charge in [-0.1, -0.05) is 11.6 Å². The second-order valence-corrected chi connectivity index (χ2v) is 4.26. The molecule has 0 aliphatic carbocycles. The van der Waals surface area contributed by atoms with Gasteiger partial charge in [0.2, 0.25) is 0 Å². The van der Waals surface area contributed by atoms with E-state index in [4.69, 9.17) is 22.4 Å². The van der Waals surface area contributed by atoms with Gasteiger partial charge in [-0.2, -0.15) is 0 Å². The maximum atomic E-state index is 13.7. The Hall–Kier alpha value is -2.14. The molecule has 2 rings (SSSR count). The van der Waals surface area contributed by atoms with Crippen LogP contribution in [0.1, 0.15) is 10.4 Å². The summed E-state index contributed by atoms with van der Waals surface area (Å²) in [6, 6.07) is 5.40. The molecule has 3 N–H and O–H groups in total. The lowest BCUT2D eigenvalue weighted by Gasteiger charge is -2.09. The van der Waals surface area contributed by atoms with E-state index in [1.165, 1.54) is 12.1 Å². The lowest BCUT2D eigenvalue weighted by atomic mass is 10.0. The van der Waals surface area contributed by atoms with Gasteiger partial charge >= 0.3 is 5.97 Å². The van der Waals surface area contributed by atoms with E-state index in [1.807, 2.05) is 0 Å². The van der Waals surface area contributed by atoms with E-state index in [1.54, 1.807) is 0 Å². The minimum Gasteiger partial charge on any atom is -0.478 e. The standard InChI is InChI=1S/C13H8ClF2NO2/c14-10-4-9(13(18)19)12(17)5-8(10)7-2-1-6(15)3-11(7)16/h1-5H,17H2,(H,18,19). The molecule has 6 heteroatoms. The van der Waals surface area contributed by atoms with Crippen LogP contribution >= 0.6 is 11.6 Å². The lowest BCUT2D eigenvalue weighted by molar-refractivity contribution is 0.0698. The average Bonchev–Trinajstić information content (AvgIpc) is 2.32. The molecule has 0 unspecified atom stereocenters. The first-order valence-electron chi connectivity index (χ1n) is 5.18. The topological polar surface area (TPSA) is 63.3 Å². The van der Waals surface area contributed by atoms with E-state index >= 15 is 0 Å². The molecule has 0 saturated heterocycles. The van der Waals surface area contributed by atoms with Crippen LogP contribution in [-0.2, 0) is 0 Å². The van der Waals surface area contributed by atoms with Gasteiger partial charge in [0, 0.05) is 27.9 Å². The Kier molecular flexibility index (Phi) is 3.40. The van der Waals surface area contributed by atoms with Crippen molar-refractivity contribution in [2.75, 3.05) is 5.73 Å². The number of aromatic carboxylic acids is 1. The number of nitrogen functional groups attached to an aromatic ring is 1. The first-order valence-corrected chi connectivity index (χ1v) is 5.55. The molecule has 0 heterocycles. The molecule has 0 amide bonds. The molecule has 0 spiro atoms. The zero-order valence-corrected chi connectivity index (χ0v) is 10.2. The van der Waals surface area contributed by atoms with Crippen molar-refractivity contribution in [3.8, 4) is 11.1 Å². The number of halogens is 3. The molecule has 0 aromatic heterocycles. The second-order valence-electron chi connectivity index (χ2n) is 3.85. The van der Waals surface area contributed by atoms with Crippen molar-refractivity contribution in [3.63, 3.8) is 0 Å². The van der Waals surface area contributed by atoms with Crippen molar-refractivity contribution in [1.82, 2.24) is 0 Å². The highest BCUT2D eigenvalue weighted by Gasteiger charge is 2.15. The predicted molar refractivity (Wildman–Crippen MR) is 68.2 cm³/mol. The van der Waals surface area contributed by atoms with Crippen molar-refractivity contribution < 1.29 is 18.7 Å². The number of anilines is 1. The number of nitrogens with two attached hydrogens (primary N) is 1. The van der Waals surface area contributed by atoms with Gasteiger partial charge in [0.25, 0.3) is 0 Å². The van der Waals surface area contributed by atoms with Gasteiger partial charge in [-0.15, -0.1) is 0 Å². The summed E-state index contributed by atoms with van der Waals surface area (Å²) in [5, 5.41) is 8.91. The highest BCUT2D eigenvalue weighted by molar-refractivity contribution is 6.34. The zero-order valence-electron chi connectivity index (χ0n) is 9.45. The molecule has 0 aliphatic heterocycles. The van der Waals surface area contributed by atoms with Crippen LogP contribution in [0.25, 0.3) is 11.1 Å². The highest BCUT2D eigenvalue weighted by atomic mass is 35.5. The molecule has 0 fully saturated rings. The van der Waals surface area contributed by atoms with Crippen LogP contribution in [0.4, 0.5) is 14.5 Å². The van der Waals surface area contributed by atoms with Gasteiger partial charge in [0.05, 0.1) is 5.56 Å². The predicted octanol–water partition coefficient (Wildman–Crippen LogP) is 3.57. The van der Waals surface area contributed by atoms with E-state index in [2.05, 4.69) is 0 Å².